The molecule has 0 bridgehead atoms. The number of rotatable bonds is 1. The molecule has 4 nitrogen and oxygen atoms in total. The summed E-state index contributed by atoms with van der Waals surface area (Å²) in [5.74, 6) is 0.255. The van der Waals surface area contributed by atoms with E-state index in [4.69, 9.17) is 4.98 Å². The fourth-order valence-electron chi connectivity index (χ4n) is 4.26. The lowest BCUT2D eigenvalue weighted by Crippen LogP contribution is -2.14. The molecule has 3 aromatic rings. The Balaban J connectivity index is 1.87. The minimum atomic E-state index is 0.255. The van der Waals surface area contributed by atoms with Crippen LogP contribution in [-0.2, 0) is 17.6 Å². The number of nitrogens with zero attached hydrogens (tertiary/aromatic N) is 2. The largest absolute Gasteiger partial charge is 0.294 e. The van der Waals surface area contributed by atoms with Crippen molar-refractivity contribution in [3.63, 3.8) is 0 Å². The number of nitrogens with one attached hydrogen (secondary N) is 1. The van der Waals surface area contributed by atoms with Crippen molar-refractivity contribution in [1.29, 1.82) is 0 Å². The number of allylic oxidation sites excluding steroid dienone is 2. The van der Waals surface area contributed by atoms with Crippen molar-refractivity contribution in [2.75, 3.05) is 0 Å². The van der Waals surface area contributed by atoms with E-state index < -0.39 is 0 Å². The zero-order valence-corrected chi connectivity index (χ0v) is 13.6. The molecule has 0 saturated heterocycles. The molecule has 0 amide bonds. The van der Waals surface area contributed by atoms with Crippen molar-refractivity contribution in [1.82, 2.24) is 15.2 Å². The standard InChI is InChI=1S/C20H19N3O/c24-18-8-4-3-7-14(18)20-13-6-2-1-5-12(13)19-15-11-21-23-16(15)9-10-17(19)22-20/h7,9-11H,1-6,8H2,(H,21,23). The lowest BCUT2D eigenvalue weighted by molar-refractivity contribution is -0.114. The first-order chi connectivity index (χ1) is 11.8. The number of aryl methyl sites for hydroxylation is 1. The van der Waals surface area contributed by atoms with Gasteiger partial charge in [-0.1, -0.05) is 6.08 Å². The molecule has 1 N–H and O–H groups in total. The smallest absolute Gasteiger partial charge is 0.164 e. The molecule has 0 radical (unpaired) electrons. The summed E-state index contributed by atoms with van der Waals surface area (Å²) >= 11 is 0. The van der Waals surface area contributed by atoms with Gasteiger partial charge in [-0.05, 0) is 61.8 Å². The first-order valence-electron chi connectivity index (χ1n) is 8.84. The summed E-state index contributed by atoms with van der Waals surface area (Å²) in [7, 11) is 0. The third-order valence-electron chi connectivity index (χ3n) is 5.40. The number of Topliss-reactive ketones (excluding diaryl/α,β-unsaturated/α-hetero) is 1. The van der Waals surface area contributed by atoms with Gasteiger partial charge in [0.1, 0.15) is 0 Å². The molecule has 0 atom stereocenters. The van der Waals surface area contributed by atoms with Crippen LogP contribution in [0.1, 0.15) is 48.9 Å². The van der Waals surface area contributed by atoms with Crippen LogP contribution in [0.5, 0.6) is 0 Å². The second-order valence-electron chi connectivity index (χ2n) is 6.85. The van der Waals surface area contributed by atoms with E-state index in [1.165, 1.54) is 29.4 Å². The van der Waals surface area contributed by atoms with Crippen LogP contribution >= 0.6 is 0 Å². The Morgan fingerprint density at radius 3 is 2.75 bits per heavy atom. The van der Waals surface area contributed by atoms with Gasteiger partial charge < -0.3 is 0 Å². The topological polar surface area (TPSA) is 58.6 Å². The molecule has 2 aromatic heterocycles. The summed E-state index contributed by atoms with van der Waals surface area (Å²) in [6, 6.07) is 4.09. The monoisotopic (exact) mass is 317 g/mol. The first-order valence-corrected chi connectivity index (χ1v) is 8.84. The Morgan fingerprint density at radius 2 is 1.88 bits per heavy atom. The fourth-order valence-corrected chi connectivity index (χ4v) is 4.26. The number of H-pyrrole nitrogens is 1. The summed E-state index contributed by atoms with van der Waals surface area (Å²) in [6.07, 6.45) is 11.1. The predicted molar refractivity (Wildman–Crippen MR) is 94.9 cm³/mol. The maximum absolute atomic E-state index is 12.5. The van der Waals surface area contributed by atoms with E-state index in [9.17, 15) is 4.79 Å². The number of hydrogen-bond donors (Lipinski definition) is 1. The average molecular weight is 317 g/mol. The van der Waals surface area contributed by atoms with Crippen LogP contribution in [-0.4, -0.2) is 21.0 Å². The Kier molecular flexibility index (Phi) is 3.05. The summed E-state index contributed by atoms with van der Waals surface area (Å²) in [6.45, 7) is 0. The van der Waals surface area contributed by atoms with E-state index in [1.54, 1.807) is 0 Å². The van der Waals surface area contributed by atoms with Crippen LogP contribution in [0, 0.1) is 0 Å². The Morgan fingerprint density at radius 1 is 1.00 bits per heavy atom. The van der Waals surface area contributed by atoms with Crippen molar-refractivity contribution in [2.24, 2.45) is 0 Å². The van der Waals surface area contributed by atoms with Gasteiger partial charge in [0.15, 0.2) is 5.78 Å². The number of ketones is 1. The molecule has 120 valence electrons. The Hall–Kier alpha value is -2.49. The van der Waals surface area contributed by atoms with Gasteiger partial charge in [-0.2, -0.15) is 5.10 Å². The van der Waals surface area contributed by atoms with E-state index in [0.717, 1.165) is 53.4 Å². The van der Waals surface area contributed by atoms with Crippen molar-refractivity contribution in [2.45, 2.75) is 44.9 Å². The van der Waals surface area contributed by atoms with Crippen molar-refractivity contribution in [3.8, 4) is 0 Å². The molecule has 0 aliphatic heterocycles. The maximum Gasteiger partial charge on any atom is 0.164 e. The first kappa shape index (κ1) is 13.9. The van der Waals surface area contributed by atoms with Crippen LogP contribution in [0.2, 0.25) is 0 Å². The molecule has 2 heterocycles. The normalized spacial score (nSPS) is 18.0. The number of benzene rings is 1. The van der Waals surface area contributed by atoms with Gasteiger partial charge in [0.25, 0.3) is 0 Å². The van der Waals surface area contributed by atoms with E-state index in [0.29, 0.717) is 6.42 Å². The SMILES string of the molecule is O=C1CCCC=C1c1nc2ccc3[nH]ncc3c2c2c1CCCC2. The van der Waals surface area contributed by atoms with E-state index in [-0.39, 0.29) is 5.78 Å². The minimum absolute atomic E-state index is 0.255. The molecule has 0 fully saturated rings. The van der Waals surface area contributed by atoms with Crippen LogP contribution < -0.4 is 0 Å². The van der Waals surface area contributed by atoms with E-state index >= 15 is 0 Å². The molecular formula is C20H19N3O. The van der Waals surface area contributed by atoms with Gasteiger partial charge in [0, 0.05) is 22.8 Å². The van der Waals surface area contributed by atoms with Gasteiger partial charge in [-0.25, -0.2) is 4.98 Å². The highest BCUT2D eigenvalue weighted by atomic mass is 16.1. The second-order valence-corrected chi connectivity index (χ2v) is 6.85. The quantitative estimate of drug-likeness (QED) is 0.734. The van der Waals surface area contributed by atoms with Crippen molar-refractivity contribution >= 4 is 33.2 Å². The Labute approximate surface area is 140 Å². The molecule has 1 aromatic carbocycles. The highest BCUT2D eigenvalue weighted by molar-refractivity contribution is 6.22. The summed E-state index contributed by atoms with van der Waals surface area (Å²) in [4.78, 5) is 17.4. The van der Waals surface area contributed by atoms with Crippen LogP contribution in [0.25, 0.3) is 27.4 Å². The van der Waals surface area contributed by atoms with Crippen LogP contribution in [0.3, 0.4) is 0 Å². The summed E-state index contributed by atoms with van der Waals surface area (Å²) < 4.78 is 0. The van der Waals surface area contributed by atoms with Gasteiger partial charge in [0.05, 0.1) is 22.9 Å². The zero-order valence-electron chi connectivity index (χ0n) is 13.6. The number of aromatic amines is 1. The number of carbonyl (C=O) groups is 1. The number of aromatic nitrogens is 3. The molecule has 0 spiro atoms. The van der Waals surface area contributed by atoms with E-state index in [2.05, 4.69) is 22.3 Å². The average Bonchev–Trinajstić information content (AvgIpc) is 3.10. The molecule has 2 aliphatic carbocycles. The predicted octanol–water partition coefficient (Wildman–Crippen LogP) is 4.13. The van der Waals surface area contributed by atoms with Crippen LogP contribution in [0.15, 0.2) is 24.4 Å². The third-order valence-corrected chi connectivity index (χ3v) is 5.40. The van der Waals surface area contributed by atoms with Gasteiger partial charge in [0.2, 0.25) is 0 Å². The van der Waals surface area contributed by atoms with E-state index in [1.807, 2.05) is 12.3 Å². The molecule has 4 heteroatoms. The minimum Gasteiger partial charge on any atom is -0.294 e. The summed E-state index contributed by atoms with van der Waals surface area (Å²) in [5, 5.41) is 9.64. The molecule has 24 heavy (non-hydrogen) atoms. The van der Waals surface area contributed by atoms with Crippen molar-refractivity contribution < 1.29 is 4.79 Å². The lowest BCUT2D eigenvalue weighted by Gasteiger charge is -2.23. The maximum atomic E-state index is 12.5. The van der Waals surface area contributed by atoms with Crippen molar-refractivity contribution in [3.05, 3.63) is 41.2 Å². The molecule has 2 aliphatic rings. The number of pyridine rings is 1. The highest BCUT2D eigenvalue weighted by Gasteiger charge is 2.25. The van der Waals surface area contributed by atoms with Gasteiger partial charge >= 0.3 is 0 Å². The van der Waals surface area contributed by atoms with Crippen LogP contribution in [0.4, 0.5) is 0 Å². The Bertz CT molecular complexity index is 1010. The number of fused-ring (bicyclic) bond motifs is 5. The number of carbonyl (C=O) groups excluding carboxylic acids is 1. The zero-order chi connectivity index (χ0) is 16.1. The highest BCUT2D eigenvalue weighted by Crippen LogP contribution is 2.37. The summed E-state index contributed by atoms with van der Waals surface area (Å²) in [5.41, 5.74) is 6.52. The molecule has 0 saturated carbocycles. The molecule has 0 unspecified atom stereocenters. The number of hydrogen-bond acceptors (Lipinski definition) is 3. The van der Waals surface area contributed by atoms with Gasteiger partial charge in [-0.3, -0.25) is 9.89 Å². The molecule has 5 rings (SSSR count). The fraction of sp³-hybridized carbons (Fsp3) is 0.350. The van der Waals surface area contributed by atoms with Gasteiger partial charge in [-0.15, -0.1) is 0 Å². The lowest BCUT2D eigenvalue weighted by atomic mass is 9.83. The second kappa shape index (κ2) is 5.26. The third kappa shape index (κ3) is 1.95. The molecular weight excluding hydrogens is 298 g/mol.